The minimum absolute atomic E-state index is 0. The quantitative estimate of drug-likeness (QED) is 0.435. The molecule has 0 bridgehead atoms. The highest BCUT2D eigenvalue weighted by atomic mass is 127. The molecule has 0 amide bonds. The van der Waals surface area contributed by atoms with Crippen LogP contribution < -0.4 is 10.5 Å². The molecule has 0 aromatic heterocycles. The summed E-state index contributed by atoms with van der Waals surface area (Å²) in [4.78, 5) is 6.36. The van der Waals surface area contributed by atoms with Gasteiger partial charge in [-0.25, -0.2) is 9.38 Å². The lowest BCUT2D eigenvalue weighted by atomic mass is 10.1. The summed E-state index contributed by atoms with van der Waals surface area (Å²) in [6.07, 6.45) is 0.130. The first-order valence-corrected chi connectivity index (χ1v) is 7.32. The van der Waals surface area contributed by atoms with Gasteiger partial charge < -0.3 is 24.8 Å². The number of aliphatic imine (C=N–C) groups is 1. The van der Waals surface area contributed by atoms with Crippen molar-refractivity contribution in [3.63, 3.8) is 0 Å². The van der Waals surface area contributed by atoms with Gasteiger partial charge in [-0.3, -0.25) is 0 Å². The van der Waals surface area contributed by atoms with E-state index in [0.29, 0.717) is 49.1 Å². The van der Waals surface area contributed by atoms with E-state index in [-0.39, 0.29) is 49.2 Å². The van der Waals surface area contributed by atoms with Crippen molar-refractivity contribution < 1.29 is 18.6 Å². The molecule has 1 aromatic carbocycles. The Balaban J connectivity index is 0.00000192. The van der Waals surface area contributed by atoms with Gasteiger partial charge in [0.1, 0.15) is 11.6 Å². The number of benzene rings is 1. The monoisotopic (exact) mass is 437 g/mol. The average Bonchev–Trinajstić information content (AvgIpc) is 2.52. The van der Waals surface area contributed by atoms with Gasteiger partial charge >= 0.3 is 0 Å². The highest BCUT2D eigenvalue weighted by molar-refractivity contribution is 14.0. The van der Waals surface area contributed by atoms with Gasteiger partial charge in [0.25, 0.3) is 0 Å². The fourth-order valence-corrected chi connectivity index (χ4v) is 2.67. The Kier molecular flexibility index (Phi) is 6.42. The van der Waals surface area contributed by atoms with Gasteiger partial charge in [-0.2, -0.15) is 0 Å². The molecular weight excluding hydrogens is 416 g/mol. The topological polar surface area (TPSA) is 69.3 Å². The van der Waals surface area contributed by atoms with Crippen molar-refractivity contribution in [2.75, 3.05) is 26.5 Å². The maximum atomic E-state index is 13.7. The van der Waals surface area contributed by atoms with E-state index in [4.69, 9.17) is 19.9 Å². The highest BCUT2D eigenvalue weighted by Gasteiger charge is 2.19. The van der Waals surface area contributed by atoms with Crippen LogP contribution in [0.15, 0.2) is 17.1 Å². The molecule has 6 nitrogen and oxygen atoms in total. The third kappa shape index (κ3) is 4.45. The van der Waals surface area contributed by atoms with Gasteiger partial charge in [0, 0.05) is 24.2 Å². The van der Waals surface area contributed by atoms with Gasteiger partial charge in [-0.05, 0) is 19.1 Å². The Labute approximate surface area is 151 Å². The molecule has 3 rings (SSSR count). The first-order chi connectivity index (χ1) is 10.6. The summed E-state index contributed by atoms with van der Waals surface area (Å²) < 4.78 is 29.8. The number of fused-ring (bicyclic) bond motifs is 1. The molecule has 128 valence electrons. The fourth-order valence-electron chi connectivity index (χ4n) is 2.67. The van der Waals surface area contributed by atoms with E-state index >= 15 is 0 Å². The molecule has 2 heterocycles. The second-order valence-electron chi connectivity index (χ2n) is 5.47. The Morgan fingerprint density at radius 1 is 1.48 bits per heavy atom. The summed E-state index contributed by atoms with van der Waals surface area (Å²) in [7, 11) is 0. The van der Waals surface area contributed by atoms with Crippen LogP contribution in [0.4, 0.5) is 4.39 Å². The maximum Gasteiger partial charge on any atom is 0.191 e. The molecule has 2 aliphatic rings. The maximum absolute atomic E-state index is 13.7. The molecule has 0 spiro atoms. The molecule has 0 aliphatic carbocycles. The van der Waals surface area contributed by atoms with E-state index in [2.05, 4.69) is 4.99 Å². The van der Waals surface area contributed by atoms with Crippen molar-refractivity contribution in [3.8, 4) is 5.75 Å². The lowest BCUT2D eigenvalue weighted by Crippen LogP contribution is -2.47. The zero-order valence-electron chi connectivity index (χ0n) is 13.0. The number of nitrogens with zero attached hydrogens (tertiary/aromatic N) is 2. The third-order valence-electron chi connectivity index (χ3n) is 3.73. The first kappa shape index (κ1) is 18.2. The summed E-state index contributed by atoms with van der Waals surface area (Å²) in [5, 5.41) is 0. The normalized spacial score (nSPS) is 21.2. The van der Waals surface area contributed by atoms with Crippen LogP contribution in [-0.2, 0) is 22.6 Å². The number of halogens is 2. The van der Waals surface area contributed by atoms with Crippen LogP contribution in [0.5, 0.6) is 5.75 Å². The number of hydrogen-bond donors (Lipinski definition) is 1. The second kappa shape index (κ2) is 8.11. The van der Waals surface area contributed by atoms with Crippen LogP contribution in [0.3, 0.4) is 0 Å². The molecule has 2 N–H and O–H groups in total. The molecule has 2 aliphatic heterocycles. The van der Waals surface area contributed by atoms with Gasteiger partial charge in [0.15, 0.2) is 12.8 Å². The molecule has 0 saturated carbocycles. The minimum atomic E-state index is -0.323. The van der Waals surface area contributed by atoms with E-state index in [1.807, 2.05) is 11.8 Å². The van der Waals surface area contributed by atoms with Gasteiger partial charge in [0.2, 0.25) is 0 Å². The van der Waals surface area contributed by atoms with Crippen molar-refractivity contribution >= 4 is 29.9 Å². The summed E-state index contributed by atoms with van der Waals surface area (Å²) in [5.41, 5.74) is 7.42. The smallest absolute Gasteiger partial charge is 0.191 e. The Hall–Kier alpha value is -1.13. The number of nitrogens with two attached hydrogens (primary N) is 1. The number of morpholine rings is 1. The fraction of sp³-hybridized carbons (Fsp3) is 0.533. The highest BCUT2D eigenvalue weighted by Crippen LogP contribution is 2.29. The van der Waals surface area contributed by atoms with Crippen molar-refractivity contribution in [1.29, 1.82) is 0 Å². The standard InChI is InChI=1S/C15H20FN3O3.HI/c1-10-7-19(2-3-21-10)15(17)18-6-11-4-13(16)5-12-8-20-9-22-14(11)12;/h4-5,10H,2-3,6-9H2,1H3,(H2,17,18);1H. The van der Waals surface area contributed by atoms with Gasteiger partial charge in [-0.1, -0.05) is 0 Å². The van der Waals surface area contributed by atoms with Gasteiger partial charge in [0.05, 0.1) is 25.9 Å². The summed E-state index contributed by atoms with van der Waals surface area (Å²) >= 11 is 0. The van der Waals surface area contributed by atoms with E-state index in [9.17, 15) is 4.39 Å². The SMILES string of the molecule is CC1CN(C(N)=NCc2cc(F)cc3c2OCOC3)CCO1.I. The molecular formula is C15H21FIN3O3. The summed E-state index contributed by atoms with van der Waals surface area (Å²) in [6, 6.07) is 2.86. The third-order valence-corrected chi connectivity index (χ3v) is 3.73. The lowest BCUT2D eigenvalue weighted by Gasteiger charge is -2.31. The zero-order valence-corrected chi connectivity index (χ0v) is 15.3. The predicted octanol–water partition coefficient (Wildman–Crippen LogP) is 1.85. The summed E-state index contributed by atoms with van der Waals surface area (Å²) in [6.45, 7) is 4.85. The number of hydrogen-bond acceptors (Lipinski definition) is 4. The van der Waals surface area contributed by atoms with E-state index in [1.54, 1.807) is 0 Å². The number of ether oxygens (including phenoxy) is 3. The number of rotatable bonds is 2. The van der Waals surface area contributed by atoms with E-state index in [1.165, 1.54) is 12.1 Å². The van der Waals surface area contributed by atoms with Gasteiger partial charge in [-0.15, -0.1) is 24.0 Å². The van der Waals surface area contributed by atoms with Crippen LogP contribution in [-0.4, -0.2) is 43.5 Å². The van der Waals surface area contributed by atoms with Crippen LogP contribution >= 0.6 is 24.0 Å². The van der Waals surface area contributed by atoms with Crippen molar-refractivity contribution in [1.82, 2.24) is 4.90 Å². The second-order valence-corrected chi connectivity index (χ2v) is 5.47. The van der Waals surface area contributed by atoms with Crippen LogP contribution in [0.2, 0.25) is 0 Å². The largest absolute Gasteiger partial charge is 0.467 e. The van der Waals surface area contributed by atoms with E-state index < -0.39 is 0 Å². The molecule has 0 radical (unpaired) electrons. The van der Waals surface area contributed by atoms with Crippen molar-refractivity contribution in [2.24, 2.45) is 10.7 Å². The molecule has 1 aromatic rings. The van der Waals surface area contributed by atoms with Crippen molar-refractivity contribution in [2.45, 2.75) is 26.2 Å². The Morgan fingerprint density at radius 2 is 2.30 bits per heavy atom. The predicted molar refractivity (Wildman–Crippen MR) is 94.4 cm³/mol. The van der Waals surface area contributed by atoms with Crippen LogP contribution in [0, 0.1) is 5.82 Å². The molecule has 8 heteroatoms. The zero-order chi connectivity index (χ0) is 15.5. The minimum Gasteiger partial charge on any atom is -0.467 e. The Morgan fingerprint density at radius 3 is 3.09 bits per heavy atom. The van der Waals surface area contributed by atoms with Crippen molar-refractivity contribution in [3.05, 3.63) is 29.1 Å². The lowest BCUT2D eigenvalue weighted by molar-refractivity contribution is -0.0172. The molecule has 1 atom stereocenters. The molecule has 1 fully saturated rings. The average molecular weight is 437 g/mol. The first-order valence-electron chi connectivity index (χ1n) is 7.32. The summed E-state index contributed by atoms with van der Waals surface area (Å²) in [5.74, 6) is 0.774. The molecule has 1 saturated heterocycles. The molecule has 23 heavy (non-hydrogen) atoms. The number of guanidine groups is 1. The van der Waals surface area contributed by atoms with Crippen LogP contribution in [0.1, 0.15) is 18.1 Å². The molecule has 1 unspecified atom stereocenters. The van der Waals surface area contributed by atoms with Crippen LogP contribution in [0.25, 0.3) is 0 Å². The Bertz CT molecular complexity index is 585. The van der Waals surface area contributed by atoms with E-state index in [0.717, 1.165) is 0 Å².